The zero-order chi connectivity index (χ0) is 12.4. The van der Waals surface area contributed by atoms with Gasteiger partial charge in [-0.25, -0.2) is 4.79 Å². The second-order valence-electron chi connectivity index (χ2n) is 3.87. The van der Waals surface area contributed by atoms with E-state index in [1.807, 2.05) is 6.92 Å². The number of carboxylic acid groups (broad SMARTS) is 1. The van der Waals surface area contributed by atoms with Gasteiger partial charge in [0.15, 0.2) is 5.43 Å². The lowest BCUT2D eigenvalue weighted by Gasteiger charge is -2.13. The first-order valence-electron chi connectivity index (χ1n) is 5.51. The molecule has 0 radical (unpaired) electrons. The molecule has 1 N–H and O–H groups in total. The summed E-state index contributed by atoms with van der Waals surface area (Å²) in [6.07, 6.45) is 0.813. The van der Waals surface area contributed by atoms with Crippen LogP contribution in [0.4, 0.5) is 0 Å². The van der Waals surface area contributed by atoms with Crippen molar-refractivity contribution >= 4 is 16.9 Å². The highest BCUT2D eigenvalue weighted by Gasteiger charge is 2.13. The fourth-order valence-electron chi connectivity index (χ4n) is 1.97. The first-order chi connectivity index (χ1) is 8.15. The molecule has 4 nitrogen and oxygen atoms in total. The molecule has 1 heterocycles. The monoisotopic (exact) mass is 231 g/mol. The van der Waals surface area contributed by atoms with E-state index in [0.29, 0.717) is 17.4 Å². The number of pyridine rings is 1. The zero-order valence-electron chi connectivity index (χ0n) is 9.51. The molecule has 4 heteroatoms. The lowest BCUT2D eigenvalue weighted by molar-refractivity contribution is 0.0684. The van der Waals surface area contributed by atoms with Crippen LogP contribution in [0.2, 0.25) is 0 Å². The van der Waals surface area contributed by atoms with Crippen molar-refractivity contribution in [2.75, 3.05) is 0 Å². The zero-order valence-corrected chi connectivity index (χ0v) is 9.51. The van der Waals surface area contributed by atoms with Crippen molar-refractivity contribution in [1.29, 1.82) is 0 Å². The van der Waals surface area contributed by atoms with Gasteiger partial charge in [-0.15, -0.1) is 0 Å². The number of carboxylic acids is 1. The van der Waals surface area contributed by atoms with Gasteiger partial charge in [0.2, 0.25) is 0 Å². The number of aromatic carboxylic acids is 1. The first-order valence-corrected chi connectivity index (χ1v) is 5.51. The molecule has 0 aliphatic heterocycles. The summed E-state index contributed by atoms with van der Waals surface area (Å²) in [7, 11) is 0. The Balaban J connectivity index is 2.87. The van der Waals surface area contributed by atoms with Gasteiger partial charge in [0.05, 0.1) is 5.52 Å². The number of carbonyl (C=O) groups is 1. The number of nitrogens with zero attached hydrogens (tertiary/aromatic N) is 1. The Kier molecular flexibility index (Phi) is 2.95. The maximum atomic E-state index is 11.8. The highest BCUT2D eigenvalue weighted by atomic mass is 16.4. The molecule has 2 aromatic rings. The van der Waals surface area contributed by atoms with Gasteiger partial charge >= 0.3 is 5.97 Å². The Morgan fingerprint density at radius 1 is 1.35 bits per heavy atom. The lowest BCUT2D eigenvalue weighted by atomic mass is 10.1. The Morgan fingerprint density at radius 2 is 2.06 bits per heavy atom. The summed E-state index contributed by atoms with van der Waals surface area (Å²) in [6.45, 7) is 2.56. The lowest BCUT2D eigenvalue weighted by Crippen LogP contribution is -2.18. The van der Waals surface area contributed by atoms with Crippen LogP contribution in [0.25, 0.3) is 10.9 Å². The van der Waals surface area contributed by atoms with Gasteiger partial charge in [-0.1, -0.05) is 19.1 Å². The van der Waals surface area contributed by atoms with Gasteiger partial charge in [-0.2, -0.15) is 0 Å². The molecular weight excluding hydrogens is 218 g/mol. The van der Waals surface area contributed by atoms with E-state index in [9.17, 15) is 9.59 Å². The van der Waals surface area contributed by atoms with E-state index >= 15 is 0 Å². The van der Waals surface area contributed by atoms with Crippen molar-refractivity contribution in [1.82, 2.24) is 4.57 Å². The summed E-state index contributed by atoms with van der Waals surface area (Å²) in [5, 5.41) is 9.68. The average molecular weight is 231 g/mol. The number of hydrogen-bond acceptors (Lipinski definition) is 2. The van der Waals surface area contributed by atoms with E-state index in [1.54, 1.807) is 28.8 Å². The van der Waals surface area contributed by atoms with Crippen molar-refractivity contribution < 1.29 is 9.90 Å². The number of rotatable bonds is 3. The topological polar surface area (TPSA) is 59.3 Å². The van der Waals surface area contributed by atoms with Gasteiger partial charge in [0.1, 0.15) is 5.69 Å². The quantitative estimate of drug-likeness (QED) is 0.880. The van der Waals surface area contributed by atoms with Crippen LogP contribution in [0.3, 0.4) is 0 Å². The van der Waals surface area contributed by atoms with E-state index in [-0.39, 0.29) is 11.1 Å². The maximum Gasteiger partial charge on any atom is 0.352 e. The average Bonchev–Trinajstić information content (AvgIpc) is 2.32. The molecule has 2 rings (SSSR count). The van der Waals surface area contributed by atoms with Crippen LogP contribution >= 0.6 is 0 Å². The fraction of sp³-hybridized carbons (Fsp3) is 0.231. The molecule has 0 spiro atoms. The number of hydrogen-bond donors (Lipinski definition) is 1. The van der Waals surface area contributed by atoms with Crippen LogP contribution in [0.15, 0.2) is 35.1 Å². The number of para-hydroxylation sites is 1. The standard InChI is InChI=1S/C13H13NO3/c1-2-7-14-10-6-4-3-5-9(10)12(15)8-11(14)13(16)17/h3-6,8H,2,7H2,1H3,(H,16,17). The van der Waals surface area contributed by atoms with Gasteiger partial charge in [0, 0.05) is 18.0 Å². The summed E-state index contributed by atoms with van der Waals surface area (Å²) < 4.78 is 1.68. The van der Waals surface area contributed by atoms with Crippen LogP contribution in [0.5, 0.6) is 0 Å². The molecule has 1 aromatic carbocycles. The number of fused-ring (bicyclic) bond motifs is 1. The van der Waals surface area contributed by atoms with Crippen LogP contribution in [0, 0.1) is 0 Å². The minimum atomic E-state index is -1.07. The largest absolute Gasteiger partial charge is 0.477 e. The number of aryl methyl sites for hydroxylation is 1. The Bertz CT molecular complexity index is 628. The fourth-order valence-corrected chi connectivity index (χ4v) is 1.97. The molecule has 0 atom stereocenters. The summed E-state index contributed by atoms with van der Waals surface area (Å²) in [4.78, 5) is 22.9. The predicted octanol–water partition coefficient (Wildman–Crippen LogP) is 2.11. The SMILES string of the molecule is CCCn1c(C(=O)O)cc(=O)c2ccccc21. The summed E-state index contributed by atoms with van der Waals surface area (Å²) >= 11 is 0. The van der Waals surface area contributed by atoms with Crippen LogP contribution < -0.4 is 5.43 Å². The smallest absolute Gasteiger partial charge is 0.352 e. The van der Waals surface area contributed by atoms with E-state index in [4.69, 9.17) is 5.11 Å². The molecule has 0 bridgehead atoms. The molecule has 0 amide bonds. The van der Waals surface area contributed by atoms with Gasteiger partial charge in [-0.05, 0) is 18.6 Å². The molecule has 1 aromatic heterocycles. The second kappa shape index (κ2) is 4.41. The Hall–Kier alpha value is -2.10. The van der Waals surface area contributed by atoms with Crippen molar-refractivity contribution in [3.05, 3.63) is 46.2 Å². The molecule has 0 fully saturated rings. The molecule has 17 heavy (non-hydrogen) atoms. The van der Waals surface area contributed by atoms with E-state index < -0.39 is 5.97 Å². The van der Waals surface area contributed by atoms with Crippen LogP contribution in [-0.2, 0) is 6.54 Å². The Morgan fingerprint density at radius 3 is 2.71 bits per heavy atom. The van der Waals surface area contributed by atoms with Crippen molar-refractivity contribution in [3.8, 4) is 0 Å². The van der Waals surface area contributed by atoms with Gasteiger partial charge < -0.3 is 9.67 Å². The third-order valence-electron chi connectivity index (χ3n) is 2.69. The highest BCUT2D eigenvalue weighted by Crippen LogP contribution is 2.13. The van der Waals surface area contributed by atoms with E-state index in [1.165, 1.54) is 6.07 Å². The molecule has 0 saturated carbocycles. The van der Waals surface area contributed by atoms with Crippen LogP contribution in [-0.4, -0.2) is 15.6 Å². The molecule has 88 valence electrons. The minimum absolute atomic E-state index is 0.0514. The maximum absolute atomic E-state index is 11.8. The third-order valence-corrected chi connectivity index (χ3v) is 2.69. The van der Waals surface area contributed by atoms with Crippen molar-refractivity contribution in [2.45, 2.75) is 19.9 Å². The predicted molar refractivity (Wildman–Crippen MR) is 65.5 cm³/mol. The summed E-state index contributed by atoms with van der Waals surface area (Å²) in [5.41, 5.74) is 0.486. The van der Waals surface area contributed by atoms with Crippen LogP contribution in [0.1, 0.15) is 23.8 Å². The Labute approximate surface area is 98.1 Å². The third kappa shape index (κ3) is 1.93. The second-order valence-corrected chi connectivity index (χ2v) is 3.87. The minimum Gasteiger partial charge on any atom is -0.477 e. The molecular formula is C13H13NO3. The van der Waals surface area contributed by atoms with E-state index in [0.717, 1.165) is 6.42 Å². The normalized spacial score (nSPS) is 10.6. The molecule has 0 aliphatic carbocycles. The molecule has 0 unspecified atom stereocenters. The highest BCUT2D eigenvalue weighted by molar-refractivity contribution is 5.90. The molecule has 0 aliphatic rings. The first kappa shape index (κ1) is 11.4. The number of benzene rings is 1. The van der Waals surface area contributed by atoms with Crippen molar-refractivity contribution in [3.63, 3.8) is 0 Å². The summed E-state index contributed by atoms with van der Waals surface area (Å²) in [6, 6.07) is 8.27. The van der Waals surface area contributed by atoms with Gasteiger partial charge in [-0.3, -0.25) is 4.79 Å². The van der Waals surface area contributed by atoms with Gasteiger partial charge in [0.25, 0.3) is 0 Å². The summed E-state index contributed by atoms with van der Waals surface area (Å²) in [5.74, 6) is -1.07. The number of aromatic nitrogens is 1. The molecule has 0 saturated heterocycles. The van der Waals surface area contributed by atoms with Crippen molar-refractivity contribution in [2.24, 2.45) is 0 Å². The van der Waals surface area contributed by atoms with E-state index in [2.05, 4.69) is 0 Å².